The summed E-state index contributed by atoms with van der Waals surface area (Å²) in [6, 6.07) is 3.84. The first-order valence-electron chi connectivity index (χ1n) is 6.39. The Balaban J connectivity index is 2.26. The van der Waals surface area contributed by atoms with Gasteiger partial charge in [-0.25, -0.2) is 4.98 Å². The first-order valence-corrected chi connectivity index (χ1v) is 6.39. The normalized spacial score (nSPS) is 18.7. The fourth-order valence-electron chi connectivity index (χ4n) is 2.60. The number of fused-ring (bicyclic) bond motifs is 1. The zero-order valence-electron chi connectivity index (χ0n) is 11.1. The molecule has 0 aliphatic heterocycles. The molecular weight excluding hydrogens is 240 g/mol. The number of allylic oxidation sites excluding steroid dienone is 1. The highest BCUT2D eigenvalue weighted by atomic mass is 16.5. The summed E-state index contributed by atoms with van der Waals surface area (Å²) < 4.78 is 5.37. The highest BCUT2D eigenvalue weighted by molar-refractivity contribution is 5.89. The Hall–Kier alpha value is -1.94. The van der Waals surface area contributed by atoms with Crippen LogP contribution in [0, 0.1) is 6.92 Å². The molecule has 1 N–H and O–H groups in total. The number of methoxy groups -OCH3 is 1. The lowest BCUT2D eigenvalue weighted by Crippen LogP contribution is -1.99. The molecular formula is C15H16N2O2. The van der Waals surface area contributed by atoms with Crippen LogP contribution in [0.1, 0.15) is 24.1 Å². The van der Waals surface area contributed by atoms with Gasteiger partial charge < -0.3 is 9.84 Å². The van der Waals surface area contributed by atoms with E-state index >= 15 is 0 Å². The van der Waals surface area contributed by atoms with Crippen molar-refractivity contribution in [3.63, 3.8) is 0 Å². The molecule has 1 atom stereocenters. The zero-order chi connectivity index (χ0) is 13.4. The minimum Gasteiger partial charge on any atom is -0.480 e. The van der Waals surface area contributed by atoms with Gasteiger partial charge in [0.2, 0.25) is 5.88 Å². The van der Waals surface area contributed by atoms with E-state index in [4.69, 9.17) is 4.74 Å². The Morgan fingerprint density at radius 2 is 2.26 bits per heavy atom. The van der Waals surface area contributed by atoms with E-state index in [0.29, 0.717) is 5.88 Å². The number of ether oxygens (including phenoxy) is 1. The van der Waals surface area contributed by atoms with E-state index in [0.717, 1.165) is 40.6 Å². The smallest absolute Gasteiger partial charge is 0.223 e. The number of aryl methyl sites for hydroxylation is 1. The van der Waals surface area contributed by atoms with Crippen LogP contribution in [0.15, 0.2) is 24.4 Å². The van der Waals surface area contributed by atoms with Crippen molar-refractivity contribution in [2.45, 2.75) is 25.9 Å². The Labute approximate surface area is 111 Å². The van der Waals surface area contributed by atoms with Gasteiger partial charge in [-0.2, -0.15) is 0 Å². The fraction of sp³-hybridized carbons (Fsp3) is 0.333. The highest BCUT2D eigenvalue weighted by Gasteiger charge is 2.20. The van der Waals surface area contributed by atoms with Crippen LogP contribution in [0.3, 0.4) is 0 Å². The van der Waals surface area contributed by atoms with Gasteiger partial charge in [0.1, 0.15) is 0 Å². The maximum atomic E-state index is 9.64. The van der Waals surface area contributed by atoms with Crippen molar-refractivity contribution in [2.75, 3.05) is 7.11 Å². The monoisotopic (exact) mass is 256 g/mol. The van der Waals surface area contributed by atoms with Crippen molar-refractivity contribution in [3.8, 4) is 5.88 Å². The molecule has 0 spiro atoms. The second kappa shape index (κ2) is 4.63. The van der Waals surface area contributed by atoms with Crippen molar-refractivity contribution in [1.82, 2.24) is 9.97 Å². The summed E-state index contributed by atoms with van der Waals surface area (Å²) in [5.74, 6) is 0.589. The number of aliphatic hydroxyl groups is 1. The van der Waals surface area contributed by atoms with E-state index in [2.05, 4.69) is 9.97 Å². The maximum Gasteiger partial charge on any atom is 0.223 e. The molecule has 2 heterocycles. The average Bonchev–Trinajstić information content (AvgIpc) is 2.86. The van der Waals surface area contributed by atoms with Gasteiger partial charge >= 0.3 is 0 Å². The molecule has 4 nitrogen and oxygen atoms in total. The molecule has 3 rings (SSSR count). The van der Waals surface area contributed by atoms with E-state index < -0.39 is 0 Å². The molecule has 98 valence electrons. The van der Waals surface area contributed by atoms with Crippen molar-refractivity contribution in [1.29, 1.82) is 0 Å². The summed E-state index contributed by atoms with van der Waals surface area (Å²) in [7, 11) is 1.62. The van der Waals surface area contributed by atoms with Crippen molar-refractivity contribution >= 4 is 16.5 Å². The van der Waals surface area contributed by atoms with Gasteiger partial charge in [0, 0.05) is 11.8 Å². The van der Waals surface area contributed by atoms with Gasteiger partial charge in [-0.1, -0.05) is 6.08 Å². The van der Waals surface area contributed by atoms with Crippen molar-refractivity contribution in [3.05, 3.63) is 35.7 Å². The minimum absolute atomic E-state index is 0.360. The van der Waals surface area contributed by atoms with E-state index in [-0.39, 0.29) is 6.10 Å². The number of pyridine rings is 2. The number of rotatable bonds is 2. The highest BCUT2D eigenvalue weighted by Crippen LogP contribution is 2.34. The molecule has 0 fully saturated rings. The predicted molar refractivity (Wildman–Crippen MR) is 74.0 cm³/mol. The standard InChI is InChI=1S/C15H16N2O2/c1-9-13(10-5-6-11(18)8-10)17-15(19-2)12-4-3-7-16-14(9)12/h3-4,7-8,11,18H,5-6H2,1-2H3. The number of nitrogens with zero attached hydrogens (tertiary/aromatic N) is 2. The van der Waals surface area contributed by atoms with Crippen LogP contribution in [0.25, 0.3) is 16.5 Å². The van der Waals surface area contributed by atoms with E-state index in [9.17, 15) is 5.11 Å². The molecule has 0 saturated heterocycles. The van der Waals surface area contributed by atoms with Gasteiger partial charge in [-0.15, -0.1) is 0 Å². The molecule has 19 heavy (non-hydrogen) atoms. The SMILES string of the molecule is COc1nc(C2=CC(O)CC2)c(C)c2ncccc12. The second-order valence-corrected chi connectivity index (χ2v) is 4.79. The Morgan fingerprint density at radius 3 is 2.95 bits per heavy atom. The molecule has 2 aromatic heterocycles. The third-order valence-corrected chi connectivity index (χ3v) is 3.56. The van der Waals surface area contributed by atoms with Crippen LogP contribution in [0.2, 0.25) is 0 Å². The van der Waals surface area contributed by atoms with E-state index in [1.54, 1.807) is 13.3 Å². The van der Waals surface area contributed by atoms with Gasteiger partial charge in [-0.3, -0.25) is 4.98 Å². The second-order valence-electron chi connectivity index (χ2n) is 4.79. The largest absolute Gasteiger partial charge is 0.480 e. The van der Waals surface area contributed by atoms with E-state index in [1.807, 2.05) is 25.1 Å². The van der Waals surface area contributed by atoms with Crippen LogP contribution < -0.4 is 4.74 Å². The first kappa shape index (κ1) is 12.1. The van der Waals surface area contributed by atoms with E-state index in [1.165, 1.54) is 0 Å². The molecule has 0 saturated carbocycles. The lowest BCUT2D eigenvalue weighted by atomic mass is 10.0. The quantitative estimate of drug-likeness (QED) is 0.897. The Bertz CT molecular complexity index is 664. The Morgan fingerprint density at radius 1 is 1.42 bits per heavy atom. The summed E-state index contributed by atoms with van der Waals surface area (Å²) in [5, 5.41) is 10.6. The molecule has 1 unspecified atom stereocenters. The van der Waals surface area contributed by atoms with Gasteiger partial charge in [-0.05, 0) is 37.5 Å². The fourth-order valence-corrected chi connectivity index (χ4v) is 2.60. The van der Waals surface area contributed by atoms with Crippen molar-refractivity contribution < 1.29 is 9.84 Å². The molecule has 1 aliphatic rings. The van der Waals surface area contributed by atoms with Crippen molar-refractivity contribution in [2.24, 2.45) is 0 Å². The molecule has 0 aromatic carbocycles. The third-order valence-electron chi connectivity index (χ3n) is 3.56. The third kappa shape index (κ3) is 1.98. The first-order chi connectivity index (χ1) is 9.20. The zero-order valence-corrected chi connectivity index (χ0v) is 11.1. The lowest BCUT2D eigenvalue weighted by molar-refractivity contribution is 0.223. The van der Waals surface area contributed by atoms with Gasteiger partial charge in [0.05, 0.1) is 29.8 Å². The average molecular weight is 256 g/mol. The molecule has 4 heteroatoms. The topological polar surface area (TPSA) is 55.2 Å². The molecule has 0 radical (unpaired) electrons. The summed E-state index contributed by atoms with van der Waals surface area (Å²) in [6.45, 7) is 2.02. The van der Waals surface area contributed by atoms with Crippen LogP contribution >= 0.6 is 0 Å². The summed E-state index contributed by atoms with van der Waals surface area (Å²) in [4.78, 5) is 9.02. The van der Waals surface area contributed by atoms with Crippen LogP contribution in [0.4, 0.5) is 0 Å². The number of aromatic nitrogens is 2. The predicted octanol–water partition coefficient (Wildman–Crippen LogP) is 2.48. The van der Waals surface area contributed by atoms with Crippen LogP contribution in [-0.2, 0) is 0 Å². The Kier molecular flexibility index (Phi) is 2.95. The number of hydrogen-bond donors (Lipinski definition) is 1. The van der Waals surface area contributed by atoms with Crippen LogP contribution in [0.5, 0.6) is 5.88 Å². The summed E-state index contributed by atoms with van der Waals surface area (Å²) in [5.41, 5.74) is 3.92. The van der Waals surface area contributed by atoms with Gasteiger partial charge in [0.25, 0.3) is 0 Å². The number of aliphatic hydroxyl groups excluding tert-OH is 1. The molecule has 1 aliphatic carbocycles. The molecule has 0 amide bonds. The number of hydrogen-bond acceptors (Lipinski definition) is 4. The minimum atomic E-state index is -0.360. The maximum absolute atomic E-state index is 9.64. The van der Waals surface area contributed by atoms with Crippen LogP contribution in [-0.4, -0.2) is 28.3 Å². The summed E-state index contributed by atoms with van der Waals surface area (Å²) in [6.07, 6.45) is 4.90. The lowest BCUT2D eigenvalue weighted by Gasteiger charge is -2.12. The molecule has 0 bridgehead atoms. The molecule has 2 aromatic rings. The summed E-state index contributed by atoms with van der Waals surface area (Å²) >= 11 is 0. The van der Waals surface area contributed by atoms with Gasteiger partial charge in [0.15, 0.2) is 0 Å².